The van der Waals surface area contributed by atoms with Gasteiger partial charge in [0, 0.05) is 25.7 Å². The van der Waals surface area contributed by atoms with Crippen molar-refractivity contribution in [2.45, 2.75) is 25.3 Å². The molecule has 3 N–H and O–H groups in total. The molecule has 1 atom stereocenters. The monoisotopic (exact) mass is 266 g/mol. The third-order valence-electron chi connectivity index (χ3n) is 3.99. The van der Waals surface area contributed by atoms with Gasteiger partial charge in [-0.25, -0.2) is 15.2 Å². The van der Waals surface area contributed by atoms with Crippen molar-refractivity contribution in [3.8, 4) is 0 Å². The summed E-state index contributed by atoms with van der Waals surface area (Å²) in [7, 11) is 0. The highest BCUT2D eigenvalue weighted by atomic mass is 19.1. The van der Waals surface area contributed by atoms with E-state index in [1.54, 1.807) is 0 Å². The van der Waals surface area contributed by atoms with E-state index in [4.69, 9.17) is 5.84 Å². The van der Waals surface area contributed by atoms with Crippen LogP contribution in [0.25, 0.3) is 0 Å². The first kappa shape index (κ1) is 12.6. The van der Waals surface area contributed by atoms with Crippen LogP contribution in [0.5, 0.6) is 0 Å². The van der Waals surface area contributed by atoms with Crippen molar-refractivity contribution >= 4 is 11.8 Å². The van der Waals surface area contributed by atoms with Crippen molar-refractivity contribution in [2.24, 2.45) is 5.84 Å². The molecule has 2 aliphatic rings. The maximum Gasteiger partial charge on any atom is 0.239 e. The Kier molecular flexibility index (Phi) is 3.48. The van der Waals surface area contributed by atoms with Gasteiger partial charge in [-0.2, -0.15) is 4.98 Å². The molecule has 0 aromatic carbocycles. The number of hydrogen-bond acceptors (Lipinski definition) is 6. The maximum absolute atomic E-state index is 13.9. The van der Waals surface area contributed by atoms with Crippen molar-refractivity contribution in [2.75, 3.05) is 36.5 Å². The first-order valence-corrected chi connectivity index (χ1v) is 6.76. The van der Waals surface area contributed by atoms with Gasteiger partial charge in [0.2, 0.25) is 5.95 Å². The number of rotatable bonds is 2. The van der Waals surface area contributed by atoms with E-state index < -0.39 is 0 Å². The zero-order chi connectivity index (χ0) is 13.2. The number of fused-ring (bicyclic) bond motifs is 1. The van der Waals surface area contributed by atoms with Crippen LogP contribution in [0, 0.1) is 5.82 Å². The molecular weight excluding hydrogens is 247 g/mol. The fraction of sp³-hybridized carbons (Fsp3) is 0.667. The van der Waals surface area contributed by atoms with Crippen molar-refractivity contribution in [3.63, 3.8) is 0 Å². The minimum absolute atomic E-state index is 0.252. The molecule has 0 bridgehead atoms. The number of piperazine rings is 1. The number of hydrogen-bond donors (Lipinski definition) is 2. The highest BCUT2D eigenvalue weighted by molar-refractivity contribution is 5.44. The summed E-state index contributed by atoms with van der Waals surface area (Å²) in [5.41, 5.74) is 2.36. The van der Waals surface area contributed by atoms with Crippen LogP contribution in [-0.4, -0.2) is 47.1 Å². The molecule has 1 aromatic heterocycles. The molecule has 0 aliphatic carbocycles. The predicted octanol–water partition coefficient (Wildman–Crippen LogP) is 0.576. The number of piperidine rings is 1. The fourth-order valence-electron chi connectivity index (χ4n) is 3.00. The van der Waals surface area contributed by atoms with Crippen LogP contribution in [-0.2, 0) is 0 Å². The van der Waals surface area contributed by atoms with Gasteiger partial charge in [0.25, 0.3) is 0 Å². The summed E-state index contributed by atoms with van der Waals surface area (Å²) in [4.78, 5) is 12.4. The molecular formula is C12H19FN6. The highest BCUT2D eigenvalue weighted by Crippen LogP contribution is 2.25. The molecule has 2 aliphatic heterocycles. The molecule has 2 saturated heterocycles. The first-order chi connectivity index (χ1) is 9.28. The molecule has 0 spiro atoms. The number of nitrogens with one attached hydrogen (secondary N) is 1. The molecule has 0 amide bonds. The number of hydrazine groups is 1. The summed E-state index contributed by atoms with van der Waals surface area (Å²) in [6, 6.07) is 0.520. The Balaban J connectivity index is 1.79. The topological polar surface area (TPSA) is 70.3 Å². The third kappa shape index (κ3) is 2.48. The standard InChI is InChI=1S/C12H19FN6/c13-10-7-15-12(17-14)16-11(10)19-6-5-18-4-2-1-3-9(18)8-19/h7,9H,1-6,8,14H2,(H,15,16,17). The van der Waals surface area contributed by atoms with Gasteiger partial charge in [-0.3, -0.25) is 10.3 Å². The molecule has 19 heavy (non-hydrogen) atoms. The second-order valence-electron chi connectivity index (χ2n) is 5.14. The van der Waals surface area contributed by atoms with E-state index in [-0.39, 0.29) is 11.8 Å². The van der Waals surface area contributed by atoms with Gasteiger partial charge < -0.3 is 4.90 Å². The number of aromatic nitrogens is 2. The average molecular weight is 266 g/mol. The molecule has 2 fully saturated rings. The zero-order valence-electron chi connectivity index (χ0n) is 10.8. The number of nitrogens with two attached hydrogens (primary N) is 1. The number of nitrogen functional groups attached to an aromatic ring is 1. The lowest BCUT2D eigenvalue weighted by molar-refractivity contribution is 0.133. The largest absolute Gasteiger partial charge is 0.351 e. The van der Waals surface area contributed by atoms with Crippen LogP contribution < -0.4 is 16.2 Å². The Labute approximate surface area is 111 Å². The Morgan fingerprint density at radius 1 is 1.32 bits per heavy atom. The van der Waals surface area contributed by atoms with Crippen LogP contribution in [0.4, 0.5) is 16.2 Å². The lowest BCUT2D eigenvalue weighted by Crippen LogP contribution is -2.55. The molecule has 6 nitrogen and oxygen atoms in total. The highest BCUT2D eigenvalue weighted by Gasteiger charge is 2.30. The molecule has 1 aromatic rings. The second kappa shape index (κ2) is 5.26. The lowest BCUT2D eigenvalue weighted by atomic mass is 9.99. The molecule has 104 valence electrons. The van der Waals surface area contributed by atoms with Crippen molar-refractivity contribution < 1.29 is 4.39 Å². The normalized spacial score (nSPS) is 24.1. The van der Waals surface area contributed by atoms with E-state index >= 15 is 0 Å². The molecule has 0 radical (unpaired) electrons. The summed E-state index contributed by atoms with van der Waals surface area (Å²) in [5, 5.41) is 0. The SMILES string of the molecule is NNc1ncc(F)c(N2CCN3CCCCC3C2)n1. The van der Waals surface area contributed by atoms with Crippen molar-refractivity contribution in [1.29, 1.82) is 0 Å². The molecule has 0 saturated carbocycles. The third-order valence-corrected chi connectivity index (χ3v) is 3.99. The van der Waals surface area contributed by atoms with Gasteiger partial charge in [-0.05, 0) is 19.4 Å². The van der Waals surface area contributed by atoms with Crippen molar-refractivity contribution in [3.05, 3.63) is 12.0 Å². The Hall–Kier alpha value is -1.47. The van der Waals surface area contributed by atoms with E-state index in [0.717, 1.165) is 19.6 Å². The van der Waals surface area contributed by atoms with Gasteiger partial charge in [0.05, 0.1) is 6.20 Å². The van der Waals surface area contributed by atoms with Crippen molar-refractivity contribution in [1.82, 2.24) is 14.9 Å². The zero-order valence-corrected chi connectivity index (χ0v) is 10.8. The minimum atomic E-state index is -0.386. The summed E-state index contributed by atoms with van der Waals surface area (Å²) >= 11 is 0. The lowest BCUT2D eigenvalue weighted by Gasteiger charge is -2.44. The summed E-state index contributed by atoms with van der Waals surface area (Å²) in [6.07, 6.45) is 4.90. The molecule has 1 unspecified atom stereocenters. The number of nitrogens with zero attached hydrogens (tertiary/aromatic N) is 4. The van der Waals surface area contributed by atoms with Crippen LogP contribution >= 0.6 is 0 Å². The maximum atomic E-state index is 13.9. The summed E-state index contributed by atoms with van der Waals surface area (Å²) < 4.78 is 13.9. The Bertz CT molecular complexity index is 454. The predicted molar refractivity (Wildman–Crippen MR) is 71.2 cm³/mol. The van der Waals surface area contributed by atoms with Gasteiger partial charge in [0.1, 0.15) is 0 Å². The minimum Gasteiger partial charge on any atom is -0.351 e. The Morgan fingerprint density at radius 2 is 2.21 bits per heavy atom. The van der Waals surface area contributed by atoms with Crippen LogP contribution in [0.3, 0.4) is 0 Å². The van der Waals surface area contributed by atoms with Crippen LogP contribution in [0.15, 0.2) is 6.20 Å². The number of halogens is 1. The average Bonchev–Trinajstić information content (AvgIpc) is 2.47. The van der Waals surface area contributed by atoms with E-state index in [1.165, 1.54) is 32.0 Å². The Morgan fingerprint density at radius 3 is 3.05 bits per heavy atom. The van der Waals surface area contributed by atoms with E-state index in [9.17, 15) is 4.39 Å². The first-order valence-electron chi connectivity index (χ1n) is 6.76. The van der Waals surface area contributed by atoms with E-state index in [0.29, 0.717) is 11.9 Å². The van der Waals surface area contributed by atoms with Crippen LogP contribution in [0.1, 0.15) is 19.3 Å². The van der Waals surface area contributed by atoms with E-state index in [1.807, 2.05) is 4.90 Å². The summed E-state index contributed by atoms with van der Waals surface area (Å²) in [6.45, 7) is 3.77. The molecule has 3 heterocycles. The number of anilines is 2. The fourth-order valence-corrected chi connectivity index (χ4v) is 3.00. The van der Waals surface area contributed by atoms with Gasteiger partial charge in [0.15, 0.2) is 11.6 Å². The second-order valence-corrected chi connectivity index (χ2v) is 5.14. The van der Waals surface area contributed by atoms with Gasteiger partial charge in [-0.1, -0.05) is 6.42 Å². The van der Waals surface area contributed by atoms with E-state index in [2.05, 4.69) is 20.3 Å². The quantitative estimate of drug-likeness (QED) is 0.602. The van der Waals surface area contributed by atoms with Gasteiger partial charge >= 0.3 is 0 Å². The van der Waals surface area contributed by atoms with Gasteiger partial charge in [-0.15, -0.1) is 0 Å². The summed E-state index contributed by atoms with van der Waals surface area (Å²) in [5.74, 6) is 5.50. The molecule has 7 heteroatoms. The van der Waals surface area contributed by atoms with Crippen LogP contribution in [0.2, 0.25) is 0 Å². The molecule has 3 rings (SSSR count). The smallest absolute Gasteiger partial charge is 0.239 e.